The summed E-state index contributed by atoms with van der Waals surface area (Å²) in [5, 5.41) is 3.13. The van der Waals surface area contributed by atoms with E-state index < -0.39 is 0 Å². The fourth-order valence-corrected chi connectivity index (χ4v) is 4.05. The number of benzene rings is 1. The fourth-order valence-electron chi connectivity index (χ4n) is 4.05. The van der Waals surface area contributed by atoms with Gasteiger partial charge >= 0.3 is 0 Å². The zero-order valence-corrected chi connectivity index (χ0v) is 16.5. The highest BCUT2D eigenvalue weighted by Crippen LogP contribution is 2.30. The van der Waals surface area contributed by atoms with E-state index in [-0.39, 0.29) is 11.9 Å². The van der Waals surface area contributed by atoms with E-state index in [1.54, 1.807) is 6.92 Å². The molecule has 1 aromatic heterocycles. The van der Waals surface area contributed by atoms with Gasteiger partial charge in [-0.1, -0.05) is 43.3 Å². The van der Waals surface area contributed by atoms with Crippen molar-refractivity contribution < 1.29 is 4.79 Å². The molecule has 1 aliphatic heterocycles. The third kappa shape index (κ3) is 5.64. The largest absolute Gasteiger partial charge is 0.348 e. The molecule has 1 aliphatic rings. The lowest BCUT2D eigenvalue weighted by Crippen LogP contribution is -2.41. The molecule has 2 atom stereocenters. The Morgan fingerprint density at radius 1 is 1.15 bits per heavy atom. The molecular formula is C23H31N3O. The van der Waals surface area contributed by atoms with Gasteiger partial charge in [-0.15, -0.1) is 0 Å². The average molecular weight is 366 g/mol. The van der Waals surface area contributed by atoms with Crippen molar-refractivity contribution in [2.24, 2.45) is 5.92 Å². The Labute approximate surface area is 163 Å². The van der Waals surface area contributed by atoms with Gasteiger partial charge in [-0.2, -0.15) is 0 Å². The number of pyridine rings is 1. The van der Waals surface area contributed by atoms with Crippen LogP contribution < -0.4 is 5.32 Å². The van der Waals surface area contributed by atoms with E-state index in [1.165, 1.54) is 12.0 Å². The summed E-state index contributed by atoms with van der Waals surface area (Å²) < 4.78 is 0. The highest BCUT2D eigenvalue weighted by molar-refractivity contribution is 5.73. The lowest BCUT2D eigenvalue weighted by molar-refractivity contribution is -0.120. The smallest absolute Gasteiger partial charge is 0.217 e. The van der Waals surface area contributed by atoms with Crippen molar-refractivity contribution in [1.82, 2.24) is 15.2 Å². The van der Waals surface area contributed by atoms with Crippen LogP contribution >= 0.6 is 0 Å². The van der Waals surface area contributed by atoms with Crippen LogP contribution in [0.4, 0.5) is 0 Å². The SMILES string of the molecule is CC(=O)N[C@@H](c1ccccn1)C1CCN(CC[C@H](C)c2ccccc2)CC1. The van der Waals surface area contributed by atoms with Crippen molar-refractivity contribution in [3.63, 3.8) is 0 Å². The zero-order valence-electron chi connectivity index (χ0n) is 16.5. The Morgan fingerprint density at radius 2 is 1.85 bits per heavy atom. The first-order valence-electron chi connectivity index (χ1n) is 10.1. The second-order valence-electron chi connectivity index (χ2n) is 7.71. The highest BCUT2D eigenvalue weighted by atomic mass is 16.1. The maximum Gasteiger partial charge on any atom is 0.217 e. The monoisotopic (exact) mass is 365 g/mol. The maximum atomic E-state index is 11.7. The molecule has 2 aromatic rings. The zero-order chi connectivity index (χ0) is 19.1. The van der Waals surface area contributed by atoms with Gasteiger partial charge in [0.15, 0.2) is 0 Å². The van der Waals surface area contributed by atoms with Crippen LogP contribution in [0.5, 0.6) is 0 Å². The first-order valence-corrected chi connectivity index (χ1v) is 10.1. The summed E-state index contributed by atoms with van der Waals surface area (Å²) in [6.45, 7) is 7.23. The molecule has 0 saturated carbocycles. The van der Waals surface area contributed by atoms with Crippen molar-refractivity contribution in [1.29, 1.82) is 0 Å². The summed E-state index contributed by atoms with van der Waals surface area (Å²) in [5.74, 6) is 1.06. The van der Waals surface area contributed by atoms with Gasteiger partial charge in [0, 0.05) is 13.1 Å². The minimum atomic E-state index is 0.0183. The highest BCUT2D eigenvalue weighted by Gasteiger charge is 2.29. The van der Waals surface area contributed by atoms with Gasteiger partial charge in [0.25, 0.3) is 0 Å². The molecule has 1 amide bonds. The van der Waals surface area contributed by atoms with Gasteiger partial charge in [-0.05, 0) is 68.4 Å². The van der Waals surface area contributed by atoms with Gasteiger partial charge in [0.2, 0.25) is 5.91 Å². The second-order valence-corrected chi connectivity index (χ2v) is 7.71. The van der Waals surface area contributed by atoms with E-state index in [2.05, 4.69) is 52.5 Å². The van der Waals surface area contributed by atoms with Gasteiger partial charge in [-0.3, -0.25) is 9.78 Å². The van der Waals surface area contributed by atoms with E-state index >= 15 is 0 Å². The predicted molar refractivity (Wildman–Crippen MR) is 109 cm³/mol. The quantitative estimate of drug-likeness (QED) is 0.801. The number of nitrogens with zero attached hydrogens (tertiary/aromatic N) is 2. The first kappa shape index (κ1) is 19.6. The number of carbonyl (C=O) groups is 1. The molecule has 4 heteroatoms. The summed E-state index contributed by atoms with van der Waals surface area (Å²) in [6.07, 6.45) is 5.19. The Bertz CT molecular complexity index is 696. The van der Waals surface area contributed by atoms with Crippen LogP contribution in [0.1, 0.15) is 56.3 Å². The summed E-state index contributed by atoms with van der Waals surface area (Å²) in [7, 11) is 0. The van der Waals surface area contributed by atoms with Crippen LogP contribution in [-0.2, 0) is 4.79 Å². The first-order chi connectivity index (χ1) is 13.1. The Hall–Kier alpha value is -2.20. The number of hydrogen-bond donors (Lipinski definition) is 1. The lowest BCUT2D eigenvalue weighted by atomic mass is 9.87. The number of rotatable bonds is 7. The number of piperidine rings is 1. The van der Waals surface area contributed by atoms with Gasteiger partial charge in [-0.25, -0.2) is 0 Å². The molecule has 1 fully saturated rings. The number of carbonyl (C=O) groups excluding carboxylic acids is 1. The molecule has 4 nitrogen and oxygen atoms in total. The molecule has 1 saturated heterocycles. The molecule has 0 unspecified atom stereocenters. The Kier molecular flexibility index (Phi) is 6.99. The fraction of sp³-hybridized carbons (Fsp3) is 0.478. The molecule has 2 heterocycles. The average Bonchev–Trinajstić information content (AvgIpc) is 2.72. The van der Waals surface area contributed by atoms with Crippen molar-refractivity contribution in [3.8, 4) is 0 Å². The van der Waals surface area contributed by atoms with Crippen LogP contribution in [0, 0.1) is 5.92 Å². The van der Waals surface area contributed by atoms with Crippen molar-refractivity contribution in [2.75, 3.05) is 19.6 Å². The molecule has 0 aliphatic carbocycles. The third-order valence-corrected chi connectivity index (χ3v) is 5.72. The summed E-state index contributed by atoms with van der Waals surface area (Å²) in [5.41, 5.74) is 2.40. The van der Waals surface area contributed by atoms with Crippen LogP contribution in [-0.4, -0.2) is 35.4 Å². The van der Waals surface area contributed by atoms with Crippen LogP contribution in [0.15, 0.2) is 54.7 Å². The summed E-state index contributed by atoms with van der Waals surface area (Å²) in [6, 6.07) is 16.7. The summed E-state index contributed by atoms with van der Waals surface area (Å²) >= 11 is 0. The van der Waals surface area contributed by atoms with Crippen molar-refractivity contribution in [2.45, 2.75) is 45.1 Å². The molecule has 27 heavy (non-hydrogen) atoms. The molecule has 1 N–H and O–H groups in total. The lowest BCUT2D eigenvalue weighted by Gasteiger charge is -2.36. The van der Waals surface area contributed by atoms with Crippen LogP contribution in [0.25, 0.3) is 0 Å². The van der Waals surface area contributed by atoms with Gasteiger partial charge in [0.05, 0.1) is 11.7 Å². The van der Waals surface area contributed by atoms with E-state index in [4.69, 9.17) is 0 Å². The minimum Gasteiger partial charge on any atom is -0.348 e. The molecule has 3 rings (SSSR count). The molecule has 0 radical (unpaired) electrons. The molecular weight excluding hydrogens is 334 g/mol. The number of amides is 1. The van der Waals surface area contributed by atoms with E-state index in [0.717, 1.165) is 38.2 Å². The molecule has 144 valence electrons. The number of hydrogen-bond acceptors (Lipinski definition) is 3. The predicted octanol–water partition coefficient (Wildman–Crippen LogP) is 4.16. The minimum absolute atomic E-state index is 0.0183. The standard InChI is InChI=1S/C23H31N3O/c1-18(20-8-4-3-5-9-20)11-15-26-16-12-21(13-17-26)23(25-19(2)27)22-10-6-7-14-24-22/h3-10,14,18,21,23H,11-13,15-17H2,1-2H3,(H,25,27)/t18-,23+/m0/s1. The van der Waals surface area contributed by atoms with E-state index in [0.29, 0.717) is 11.8 Å². The molecule has 0 spiro atoms. The number of nitrogens with one attached hydrogen (secondary N) is 1. The summed E-state index contributed by atoms with van der Waals surface area (Å²) in [4.78, 5) is 18.8. The topological polar surface area (TPSA) is 45.2 Å². The normalized spacial score (nSPS) is 18.0. The van der Waals surface area contributed by atoms with Crippen molar-refractivity contribution in [3.05, 3.63) is 66.0 Å². The van der Waals surface area contributed by atoms with E-state index in [9.17, 15) is 4.79 Å². The number of aromatic nitrogens is 1. The maximum absolute atomic E-state index is 11.7. The molecule has 0 bridgehead atoms. The second kappa shape index (κ2) is 9.65. The third-order valence-electron chi connectivity index (χ3n) is 5.72. The van der Waals surface area contributed by atoms with Gasteiger partial charge in [0.1, 0.15) is 0 Å². The Morgan fingerprint density at radius 3 is 2.48 bits per heavy atom. The van der Waals surface area contributed by atoms with Gasteiger partial charge < -0.3 is 10.2 Å². The number of likely N-dealkylation sites (tertiary alicyclic amines) is 1. The van der Waals surface area contributed by atoms with Crippen LogP contribution in [0.2, 0.25) is 0 Å². The Balaban J connectivity index is 1.52. The molecule has 1 aromatic carbocycles. The van der Waals surface area contributed by atoms with Crippen LogP contribution in [0.3, 0.4) is 0 Å². The van der Waals surface area contributed by atoms with Crippen molar-refractivity contribution >= 4 is 5.91 Å². The van der Waals surface area contributed by atoms with E-state index in [1.807, 2.05) is 24.4 Å².